The van der Waals surface area contributed by atoms with Crippen LogP contribution in [0, 0.1) is 5.92 Å². The number of rotatable bonds is 7. The van der Waals surface area contributed by atoms with Gasteiger partial charge in [-0.1, -0.05) is 12.1 Å². The van der Waals surface area contributed by atoms with E-state index in [1.807, 2.05) is 0 Å². The fourth-order valence-corrected chi connectivity index (χ4v) is 1.80. The lowest BCUT2D eigenvalue weighted by molar-refractivity contribution is -0.142. The third-order valence-electron chi connectivity index (χ3n) is 2.83. The molecule has 0 saturated carbocycles. The van der Waals surface area contributed by atoms with E-state index in [2.05, 4.69) is 0 Å². The Morgan fingerprint density at radius 1 is 1.20 bits per heavy atom. The topological polar surface area (TPSA) is 124 Å². The van der Waals surface area contributed by atoms with Crippen molar-refractivity contribution < 1.29 is 29.8 Å². The molecule has 0 heterocycles. The van der Waals surface area contributed by atoms with E-state index in [1.54, 1.807) is 12.1 Å². The number of carboxylic acids is 2. The highest BCUT2D eigenvalue weighted by molar-refractivity contribution is 5.93. The van der Waals surface area contributed by atoms with Crippen molar-refractivity contribution in [1.82, 2.24) is 5.48 Å². The molecule has 0 aliphatic carbocycles. The number of amides is 1. The van der Waals surface area contributed by atoms with E-state index in [9.17, 15) is 14.4 Å². The van der Waals surface area contributed by atoms with Crippen LogP contribution in [0.1, 0.15) is 28.8 Å². The fourth-order valence-electron chi connectivity index (χ4n) is 1.80. The molecule has 1 rings (SSSR count). The van der Waals surface area contributed by atoms with E-state index >= 15 is 0 Å². The molecule has 0 aromatic heterocycles. The third kappa shape index (κ3) is 4.69. The second-order valence-electron chi connectivity index (χ2n) is 4.31. The van der Waals surface area contributed by atoms with Crippen LogP contribution in [0.2, 0.25) is 0 Å². The second kappa shape index (κ2) is 7.25. The lowest BCUT2D eigenvalue weighted by atomic mass is 9.94. The van der Waals surface area contributed by atoms with Crippen molar-refractivity contribution in [3.63, 3.8) is 0 Å². The maximum atomic E-state index is 11.2. The van der Waals surface area contributed by atoms with E-state index < -0.39 is 23.8 Å². The minimum Gasteiger partial charge on any atom is -0.481 e. The van der Waals surface area contributed by atoms with Gasteiger partial charge < -0.3 is 10.2 Å². The summed E-state index contributed by atoms with van der Waals surface area (Å²) in [5.41, 5.74) is 2.28. The van der Waals surface area contributed by atoms with Gasteiger partial charge in [-0.2, -0.15) is 0 Å². The van der Waals surface area contributed by atoms with Crippen molar-refractivity contribution in [3.8, 4) is 0 Å². The number of carboxylic acid groups (broad SMARTS) is 2. The summed E-state index contributed by atoms with van der Waals surface area (Å²) < 4.78 is 0. The minimum absolute atomic E-state index is 0.0150. The number of aliphatic carboxylic acids is 2. The van der Waals surface area contributed by atoms with Crippen LogP contribution in [0.3, 0.4) is 0 Å². The number of hydroxylamine groups is 1. The molecule has 0 radical (unpaired) electrons. The molecule has 0 aliphatic heterocycles. The molecule has 108 valence electrons. The Kier molecular flexibility index (Phi) is 5.67. The first-order chi connectivity index (χ1) is 9.43. The summed E-state index contributed by atoms with van der Waals surface area (Å²) in [5.74, 6) is -3.66. The van der Waals surface area contributed by atoms with Gasteiger partial charge in [-0.3, -0.25) is 19.6 Å². The van der Waals surface area contributed by atoms with Crippen LogP contribution in [0.25, 0.3) is 0 Å². The molecule has 1 atom stereocenters. The SMILES string of the molecule is O=C(O)CCC(Cc1cccc(C(=O)NO)c1)C(=O)O. The first-order valence-electron chi connectivity index (χ1n) is 5.92. The van der Waals surface area contributed by atoms with Crippen LogP contribution in [0.4, 0.5) is 0 Å². The number of benzene rings is 1. The summed E-state index contributed by atoms with van der Waals surface area (Å²) >= 11 is 0. The number of hydrogen-bond donors (Lipinski definition) is 4. The van der Waals surface area contributed by atoms with Crippen LogP contribution >= 0.6 is 0 Å². The number of nitrogens with one attached hydrogen (secondary N) is 1. The Bertz CT molecular complexity index is 513. The Hall–Kier alpha value is -2.41. The zero-order valence-electron chi connectivity index (χ0n) is 10.6. The highest BCUT2D eigenvalue weighted by atomic mass is 16.5. The van der Waals surface area contributed by atoms with Gasteiger partial charge in [-0.05, 0) is 30.5 Å². The molecule has 1 aromatic rings. The van der Waals surface area contributed by atoms with Crippen molar-refractivity contribution in [1.29, 1.82) is 0 Å². The number of hydrogen-bond acceptors (Lipinski definition) is 4. The predicted molar refractivity (Wildman–Crippen MR) is 67.4 cm³/mol. The van der Waals surface area contributed by atoms with Gasteiger partial charge >= 0.3 is 11.9 Å². The lowest BCUT2D eigenvalue weighted by Crippen LogP contribution is -2.20. The largest absolute Gasteiger partial charge is 0.481 e. The summed E-state index contributed by atoms with van der Waals surface area (Å²) in [5, 5.41) is 26.2. The van der Waals surface area contributed by atoms with E-state index in [0.29, 0.717) is 5.56 Å². The summed E-state index contributed by atoms with van der Waals surface area (Å²) in [4.78, 5) is 32.8. The molecule has 20 heavy (non-hydrogen) atoms. The predicted octanol–water partition coefficient (Wildman–Crippen LogP) is 0.914. The van der Waals surface area contributed by atoms with Gasteiger partial charge in [-0.25, -0.2) is 5.48 Å². The second-order valence-corrected chi connectivity index (χ2v) is 4.31. The van der Waals surface area contributed by atoms with Gasteiger partial charge in [0, 0.05) is 12.0 Å². The van der Waals surface area contributed by atoms with Crippen LogP contribution in [-0.2, 0) is 16.0 Å². The lowest BCUT2D eigenvalue weighted by Gasteiger charge is -2.11. The average molecular weight is 281 g/mol. The quantitative estimate of drug-likeness (QED) is 0.435. The van der Waals surface area contributed by atoms with E-state index in [-0.39, 0.29) is 24.8 Å². The maximum absolute atomic E-state index is 11.2. The normalized spacial score (nSPS) is 11.7. The molecule has 7 nitrogen and oxygen atoms in total. The molecular weight excluding hydrogens is 266 g/mol. The molecule has 7 heteroatoms. The van der Waals surface area contributed by atoms with Crippen molar-refractivity contribution in [3.05, 3.63) is 35.4 Å². The van der Waals surface area contributed by atoms with Crippen molar-refractivity contribution in [2.45, 2.75) is 19.3 Å². The smallest absolute Gasteiger partial charge is 0.306 e. The molecule has 1 unspecified atom stereocenters. The van der Waals surface area contributed by atoms with Gasteiger partial charge in [0.2, 0.25) is 0 Å². The summed E-state index contributed by atoms with van der Waals surface area (Å²) in [6.07, 6.45) is -0.0932. The average Bonchev–Trinajstić information content (AvgIpc) is 2.42. The Morgan fingerprint density at radius 2 is 1.90 bits per heavy atom. The van der Waals surface area contributed by atoms with Crippen LogP contribution in [0.5, 0.6) is 0 Å². The Labute approximate surface area is 114 Å². The van der Waals surface area contributed by atoms with Crippen LogP contribution in [0.15, 0.2) is 24.3 Å². The highest BCUT2D eigenvalue weighted by Crippen LogP contribution is 2.16. The van der Waals surface area contributed by atoms with E-state index in [4.69, 9.17) is 15.4 Å². The number of carbonyl (C=O) groups excluding carboxylic acids is 1. The van der Waals surface area contributed by atoms with E-state index in [0.717, 1.165) is 0 Å². The summed E-state index contributed by atoms with van der Waals surface area (Å²) in [6, 6.07) is 6.14. The van der Waals surface area contributed by atoms with E-state index in [1.165, 1.54) is 17.6 Å². The first-order valence-corrected chi connectivity index (χ1v) is 5.92. The maximum Gasteiger partial charge on any atom is 0.306 e. The molecular formula is C13H15NO6. The molecule has 0 saturated heterocycles. The molecule has 0 fully saturated rings. The van der Waals surface area contributed by atoms with Crippen molar-refractivity contribution in [2.24, 2.45) is 5.92 Å². The fraction of sp³-hybridized carbons (Fsp3) is 0.308. The van der Waals surface area contributed by atoms with Gasteiger partial charge in [0.25, 0.3) is 5.91 Å². The Balaban J connectivity index is 2.80. The first kappa shape index (κ1) is 15.6. The zero-order chi connectivity index (χ0) is 15.1. The molecule has 0 aliphatic rings. The summed E-state index contributed by atoms with van der Waals surface area (Å²) in [7, 11) is 0. The standard InChI is InChI=1S/C13H15NO6/c15-11(16)5-4-10(13(18)19)7-8-2-1-3-9(6-8)12(17)14-20/h1-3,6,10,20H,4-5,7H2,(H,14,17)(H,15,16)(H,18,19). The van der Waals surface area contributed by atoms with Crippen LogP contribution in [-0.4, -0.2) is 33.3 Å². The molecule has 4 N–H and O–H groups in total. The molecule has 1 amide bonds. The van der Waals surface area contributed by atoms with Gasteiger partial charge in [0.15, 0.2) is 0 Å². The van der Waals surface area contributed by atoms with Crippen molar-refractivity contribution in [2.75, 3.05) is 0 Å². The number of carbonyl (C=O) groups is 3. The van der Waals surface area contributed by atoms with Gasteiger partial charge in [-0.15, -0.1) is 0 Å². The minimum atomic E-state index is -1.08. The van der Waals surface area contributed by atoms with Crippen molar-refractivity contribution >= 4 is 17.8 Å². The molecule has 0 spiro atoms. The highest BCUT2D eigenvalue weighted by Gasteiger charge is 2.19. The van der Waals surface area contributed by atoms with Crippen LogP contribution < -0.4 is 5.48 Å². The Morgan fingerprint density at radius 3 is 2.45 bits per heavy atom. The molecule has 1 aromatic carbocycles. The summed E-state index contributed by atoms with van der Waals surface area (Å²) in [6.45, 7) is 0. The third-order valence-corrected chi connectivity index (χ3v) is 2.83. The molecule has 0 bridgehead atoms. The zero-order valence-corrected chi connectivity index (χ0v) is 10.6. The van der Waals surface area contributed by atoms with Gasteiger partial charge in [0.1, 0.15) is 0 Å². The van der Waals surface area contributed by atoms with Gasteiger partial charge in [0.05, 0.1) is 5.92 Å². The monoisotopic (exact) mass is 281 g/mol.